The van der Waals surface area contributed by atoms with Gasteiger partial charge in [0.05, 0.1) is 5.52 Å². The largest absolute Gasteiger partial charge is 0.480 e. The number of carboxylic acids is 1. The number of benzene rings is 2. The van der Waals surface area contributed by atoms with Crippen LogP contribution in [0.1, 0.15) is 18.9 Å². The highest BCUT2D eigenvalue weighted by atomic mass is 16.4. The number of carboxylic acid groups (broad SMARTS) is 1. The maximum absolute atomic E-state index is 11.0. The zero-order valence-corrected chi connectivity index (χ0v) is 14.6. The van der Waals surface area contributed by atoms with Crippen molar-refractivity contribution < 1.29 is 9.90 Å². The first-order chi connectivity index (χ1) is 12.1. The summed E-state index contributed by atoms with van der Waals surface area (Å²) in [4.78, 5) is 17.4. The molecule has 25 heavy (non-hydrogen) atoms. The van der Waals surface area contributed by atoms with Gasteiger partial charge in [-0.1, -0.05) is 49.7 Å². The molecule has 1 heterocycles. The molecular formula is C21H22N2O2. The lowest BCUT2D eigenvalue weighted by Crippen LogP contribution is -2.25. The normalized spacial score (nSPS) is 10.8. The minimum absolute atomic E-state index is 0.0827. The summed E-state index contributed by atoms with van der Waals surface area (Å²) >= 11 is 0. The minimum atomic E-state index is -0.871. The van der Waals surface area contributed by atoms with Crippen LogP contribution in [0.25, 0.3) is 22.0 Å². The van der Waals surface area contributed by atoms with E-state index in [9.17, 15) is 4.79 Å². The van der Waals surface area contributed by atoms with Crippen LogP contribution in [-0.2, 0) is 11.2 Å². The van der Waals surface area contributed by atoms with Crippen LogP contribution in [0.4, 0.5) is 5.82 Å². The topological polar surface area (TPSA) is 53.4 Å². The van der Waals surface area contributed by atoms with Gasteiger partial charge in [-0.15, -0.1) is 0 Å². The number of rotatable bonds is 6. The van der Waals surface area contributed by atoms with Gasteiger partial charge >= 0.3 is 5.97 Å². The lowest BCUT2D eigenvalue weighted by molar-refractivity contribution is -0.135. The van der Waals surface area contributed by atoms with Crippen molar-refractivity contribution in [2.75, 3.05) is 18.5 Å². The molecule has 0 unspecified atom stereocenters. The number of nitrogens with zero attached hydrogens (tertiary/aromatic N) is 2. The third-order valence-electron chi connectivity index (χ3n) is 4.25. The summed E-state index contributed by atoms with van der Waals surface area (Å²) in [5.74, 6) is -0.207. The molecule has 1 aromatic heterocycles. The van der Waals surface area contributed by atoms with Crippen molar-refractivity contribution in [1.29, 1.82) is 0 Å². The first kappa shape index (κ1) is 17.0. The van der Waals surface area contributed by atoms with Gasteiger partial charge < -0.3 is 10.0 Å². The van der Waals surface area contributed by atoms with E-state index in [0.29, 0.717) is 5.82 Å². The third kappa shape index (κ3) is 3.79. The van der Waals surface area contributed by atoms with Crippen LogP contribution >= 0.6 is 0 Å². The minimum Gasteiger partial charge on any atom is -0.480 e. The fourth-order valence-corrected chi connectivity index (χ4v) is 3.04. The number of hydrogen-bond acceptors (Lipinski definition) is 3. The Morgan fingerprint density at radius 1 is 1.12 bits per heavy atom. The SMILES string of the molecule is CCCc1ccc2nc(N(C)CC(=O)O)cc(-c3ccccc3)c2c1. The van der Waals surface area contributed by atoms with Gasteiger partial charge in [0.25, 0.3) is 0 Å². The number of likely N-dealkylation sites (N-methyl/N-ethyl adjacent to an activating group) is 1. The van der Waals surface area contributed by atoms with Gasteiger partial charge in [-0.25, -0.2) is 4.98 Å². The van der Waals surface area contributed by atoms with Gasteiger partial charge in [-0.2, -0.15) is 0 Å². The first-order valence-corrected chi connectivity index (χ1v) is 8.50. The molecule has 128 valence electrons. The van der Waals surface area contributed by atoms with Crippen LogP contribution in [0.5, 0.6) is 0 Å². The van der Waals surface area contributed by atoms with Crippen LogP contribution in [0, 0.1) is 0 Å². The quantitative estimate of drug-likeness (QED) is 0.727. The molecule has 0 aliphatic rings. The Morgan fingerprint density at radius 2 is 1.88 bits per heavy atom. The molecule has 0 radical (unpaired) electrons. The second-order valence-electron chi connectivity index (χ2n) is 6.25. The fourth-order valence-electron chi connectivity index (χ4n) is 3.04. The molecule has 0 saturated heterocycles. The molecule has 1 N–H and O–H groups in total. The molecule has 3 aromatic rings. The summed E-state index contributed by atoms with van der Waals surface area (Å²) in [5, 5.41) is 10.2. The molecule has 0 aliphatic carbocycles. The number of aliphatic carboxylic acids is 1. The maximum Gasteiger partial charge on any atom is 0.323 e. The summed E-state index contributed by atoms with van der Waals surface area (Å²) in [6, 6.07) is 18.5. The molecule has 0 amide bonds. The van der Waals surface area contributed by atoms with Crippen LogP contribution in [0.3, 0.4) is 0 Å². The number of carbonyl (C=O) groups is 1. The summed E-state index contributed by atoms with van der Waals surface area (Å²) in [6.45, 7) is 2.09. The molecule has 0 aliphatic heterocycles. The third-order valence-corrected chi connectivity index (χ3v) is 4.25. The summed E-state index contributed by atoms with van der Waals surface area (Å²) < 4.78 is 0. The monoisotopic (exact) mass is 334 g/mol. The number of pyridine rings is 1. The number of aryl methyl sites for hydroxylation is 1. The standard InChI is InChI=1S/C21H22N2O2/c1-3-7-15-10-11-19-18(12-15)17(16-8-5-4-6-9-16)13-20(22-19)23(2)14-21(24)25/h4-6,8-13H,3,7,14H2,1-2H3,(H,24,25). The molecule has 0 saturated carbocycles. The van der Waals surface area contributed by atoms with Crippen molar-refractivity contribution in [2.24, 2.45) is 0 Å². The van der Waals surface area contributed by atoms with Crippen LogP contribution in [0.15, 0.2) is 54.6 Å². The van der Waals surface area contributed by atoms with E-state index in [-0.39, 0.29) is 6.54 Å². The van der Waals surface area contributed by atoms with E-state index in [4.69, 9.17) is 5.11 Å². The van der Waals surface area contributed by atoms with Crippen molar-refractivity contribution in [1.82, 2.24) is 4.98 Å². The number of hydrogen-bond donors (Lipinski definition) is 1. The Hall–Kier alpha value is -2.88. The molecule has 0 atom stereocenters. The van der Waals surface area contributed by atoms with E-state index in [2.05, 4.69) is 36.2 Å². The highest BCUT2D eigenvalue weighted by Crippen LogP contribution is 2.32. The molecular weight excluding hydrogens is 312 g/mol. The van der Waals surface area contributed by atoms with Crippen LogP contribution < -0.4 is 4.90 Å². The molecule has 4 nitrogen and oxygen atoms in total. The number of aromatic nitrogens is 1. The second kappa shape index (κ2) is 7.34. The van der Waals surface area contributed by atoms with Gasteiger partial charge in [0.15, 0.2) is 0 Å². The fraction of sp³-hybridized carbons (Fsp3) is 0.238. The maximum atomic E-state index is 11.0. The second-order valence-corrected chi connectivity index (χ2v) is 6.25. The summed E-state index contributed by atoms with van der Waals surface area (Å²) in [6.07, 6.45) is 2.13. The van der Waals surface area contributed by atoms with Crippen LogP contribution in [0.2, 0.25) is 0 Å². The van der Waals surface area contributed by atoms with Gasteiger partial charge in [-0.3, -0.25) is 4.79 Å². The Morgan fingerprint density at radius 3 is 2.56 bits per heavy atom. The Bertz CT molecular complexity index is 891. The zero-order chi connectivity index (χ0) is 17.8. The highest BCUT2D eigenvalue weighted by Gasteiger charge is 2.13. The van der Waals surface area contributed by atoms with E-state index < -0.39 is 5.97 Å². The van der Waals surface area contributed by atoms with Gasteiger partial charge in [0.1, 0.15) is 12.4 Å². The van der Waals surface area contributed by atoms with Crippen molar-refractivity contribution in [3.8, 4) is 11.1 Å². The van der Waals surface area contributed by atoms with Crippen LogP contribution in [-0.4, -0.2) is 29.7 Å². The van der Waals surface area contributed by atoms with E-state index >= 15 is 0 Å². The predicted molar refractivity (Wildman–Crippen MR) is 102 cm³/mol. The predicted octanol–water partition coefficient (Wildman–Crippen LogP) is 4.38. The van der Waals surface area contributed by atoms with Crippen molar-refractivity contribution in [3.63, 3.8) is 0 Å². The first-order valence-electron chi connectivity index (χ1n) is 8.50. The molecule has 2 aromatic carbocycles. The molecule has 4 heteroatoms. The van der Waals surface area contributed by atoms with Gasteiger partial charge in [0, 0.05) is 12.4 Å². The molecule has 0 spiro atoms. The molecule has 3 rings (SSSR count). The van der Waals surface area contributed by atoms with Crippen molar-refractivity contribution in [2.45, 2.75) is 19.8 Å². The van der Waals surface area contributed by atoms with E-state index in [0.717, 1.165) is 34.9 Å². The van der Waals surface area contributed by atoms with E-state index in [1.54, 1.807) is 11.9 Å². The Kier molecular flexibility index (Phi) is 4.98. The summed E-state index contributed by atoms with van der Waals surface area (Å²) in [7, 11) is 1.75. The van der Waals surface area contributed by atoms with Crippen molar-refractivity contribution >= 4 is 22.7 Å². The number of fused-ring (bicyclic) bond motifs is 1. The van der Waals surface area contributed by atoms with E-state index in [1.807, 2.05) is 30.3 Å². The highest BCUT2D eigenvalue weighted by molar-refractivity contribution is 5.96. The smallest absolute Gasteiger partial charge is 0.323 e. The lowest BCUT2D eigenvalue weighted by Gasteiger charge is -2.18. The van der Waals surface area contributed by atoms with Gasteiger partial charge in [0.2, 0.25) is 0 Å². The molecule has 0 fully saturated rings. The zero-order valence-electron chi connectivity index (χ0n) is 14.6. The Labute approximate surface area is 147 Å². The van der Waals surface area contributed by atoms with Crippen molar-refractivity contribution in [3.05, 3.63) is 60.2 Å². The summed E-state index contributed by atoms with van der Waals surface area (Å²) in [5.41, 5.74) is 4.36. The average molecular weight is 334 g/mol. The van der Waals surface area contributed by atoms with E-state index in [1.165, 1.54) is 5.56 Å². The average Bonchev–Trinajstić information content (AvgIpc) is 2.61. The van der Waals surface area contributed by atoms with Gasteiger partial charge in [-0.05, 0) is 41.3 Å². The molecule has 0 bridgehead atoms. The lowest BCUT2D eigenvalue weighted by atomic mass is 9.98. The number of anilines is 1. The Balaban J connectivity index is 2.19.